The molecule has 0 fully saturated rings. The first-order valence-corrected chi connectivity index (χ1v) is 7.23. The first-order chi connectivity index (χ1) is 11.5. The van der Waals surface area contributed by atoms with Crippen molar-refractivity contribution in [3.8, 4) is 5.75 Å². The molecule has 0 radical (unpaired) electrons. The van der Waals surface area contributed by atoms with Crippen molar-refractivity contribution in [2.24, 2.45) is 0 Å². The van der Waals surface area contributed by atoms with Crippen LogP contribution < -0.4 is 20.7 Å². The Labute approximate surface area is 139 Å². The predicted octanol–water partition coefficient (Wildman–Crippen LogP) is 2.90. The fourth-order valence-electron chi connectivity index (χ4n) is 2.00. The second-order valence-corrected chi connectivity index (χ2v) is 5.07. The van der Waals surface area contributed by atoms with Crippen molar-refractivity contribution in [2.75, 3.05) is 24.3 Å². The van der Waals surface area contributed by atoms with E-state index in [1.54, 1.807) is 18.2 Å². The molecule has 6 nitrogen and oxygen atoms in total. The molecular weight excluding hydrogens is 313 g/mol. The molecule has 126 valence electrons. The Kier molecular flexibility index (Phi) is 5.73. The Balaban J connectivity index is 1.86. The number of carbonyl (C=O) groups excluding carboxylic acids is 2. The maximum absolute atomic E-state index is 13.0. The number of ether oxygens (including phenoxy) is 1. The Morgan fingerprint density at radius 3 is 2.62 bits per heavy atom. The van der Waals surface area contributed by atoms with Crippen LogP contribution in [0.15, 0.2) is 42.5 Å². The van der Waals surface area contributed by atoms with E-state index in [0.29, 0.717) is 17.1 Å². The highest BCUT2D eigenvalue weighted by molar-refractivity contribution is 5.97. The fourth-order valence-corrected chi connectivity index (χ4v) is 2.00. The number of hydrogen-bond donors (Lipinski definition) is 3. The summed E-state index contributed by atoms with van der Waals surface area (Å²) in [5, 5.41) is 7.51. The number of amides is 3. The lowest BCUT2D eigenvalue weighted by molar-refractivity contribution is -0.115. The lowest BCUT2D eigenvalue weighted by atomic mass is 10.2. The Hall–Kier alpha value is -3.09. The lowest BCUT2D eigenvalue weighted by Gasteiger charge is -2.12. The Morgan fingerprint density at radius 2 is 1.92 bits per heavy atom. The zero-order chi connectivity index (χ0) is 17.5. The third kappa shape index (κ3) is 4.98. The molecule has 3 N–H and O–H groups in total. The monoisotopic (exact) mass is 331 g/mol. The van der Waals surface area contributed by atoms with Gasteiger partial charge in [0.15, 0.2) is 0 Å². The molecule has 0 heterocycles. The Morgan fingerprint density at radius 1 is 1.12 bits per heavy atom. The third-order valence-corrected chi connectivity index (χ3v) is 3.12. The van der Waals surface area contributed by atoms with Crippen molar-refractivity contribution in [3.63, 3.8) is 0 Å². The van der Waals surface area contributed by atoms with Crippen molar-refractivity contribution in [1.82, 2.24) is 5.32 Å². The molecule has 0 aromatic heterocycles. The van der Waals surface area contributed by atoms with Gasteiger partial charge in [0.2, 0.25) is 5.91 Å². The highest BCUT2D eigenvalue weighted by atomic mass is 19.1. The molecule has 24 heavy (non-hydrogen) atoms. The highest BCUT2D eigenvalue weighted by Crippen LogP contribution is 2.24. The number of halogens is 1. The Bertz CT molecular complexity index is 750. The van der Waals surface area contributed by atoms with Crippen LogP contribution in [0.2, 0.25) is 0 Å². The van der Waals surface area contributed by atoms with Gasteiger partial charge in [-0.05, 0) is 42.8 Å². The number of benzene rings is 2. The van der Waals surface area contributed by atoms with Crippen LogP contribution in [0.25, 0.3) is 0 Å². The van der Waals surface area contributed by atoms with Gasteiger partial charge in [-0.3, -0.25) is 4.79 Å². The molecule has 2 rings (SSSR count). The average molecular weight is 331 g/mol. The molecule has 0 unspecified atom stereocenters. The highest BCUT2D eigenvalue weighted by Gasteiger charge is 2.09. The molecule has 3 amide bonds. The number of rotatable bonds is 5. The van der Waals surface area contributed by atoms with E-state index in [-0.39, 0.29) is 6.54 Å². The summed E-state index contributed by atoms with van der Waals surface area (Å²) in [5.41, 5.74) is 1.81. The second kappa shape index (κ2) is 7.96. The molecule has 0 atom stereocenters. The van der Waals surface area contributed by atoms with E-state index in [4.69, 9.17) is 4.74 Å². The van der Waals surface area contributed by atoms with E-state index in [9.17, 15) is 14.0 Å². The number of nitrogens with one attached hydrogen (secondary N) is 3. The summed E-state index contributed by atoms with van der Waals surface area (Å²) in [6, 6.07) is 10.3. The van der Waals surface area contributed by atoms with Crippen LogP contribution in [-0.4, -0.2) is 25.6 Å². The fraction of sp³-hybridized carbons (Fsp3) is 0.176. The van der Waals surface area contributed by atoms with E-state index in [1.807, 2.05) is 13.0 Å². The predicted molar refractivity (Wildman–Crippen MR) is 89.8 cm³/mol. The topological polar surface area (TPSA) is 79.5 Å². The standard InChI is InChI=1S/C17H18FN3O3/c1-11-6-7-14(15(8-11)24-2)21-17(23)19-10-16(22)20-13-5-3-4-12(18)9-13/h3-9H,10H2,1-2H3,(H,20,22)(H2,19,21,23). The van der Waals surface area contributed by atoms with Crippen molar-refractivity contribution < 1.29 is 18.7 Å². The molecule has 0 bridgehead atoms. The van der Waals surface area contributed by atoms with Crippen LogP contribution in [0.1, 0.15) is 5.56 Å². The van der Waals surface area contributed by atoms with E-state index >= 15 is 0 Å². The molecule has 0 saturated carbocycles. The summed E-state index contributed by atoms with van der Waals surface area (Å²) in [4.78, 5) is 23.6. The smallest absolute Gasteiger partial charge is 0.319 e. The van der Waals surface area contributed by atoms with Crippen LogP contribution in [0, 0.1) is 12.7 Å². The van der Waals surface area contributed by atoms with Gasteiger partial charge in [-0.1, -0.05) is 12.1 Å². The molecule has 0 spiro atoms. The summed E-state index contributed by atoms with van der Waals surface area (Å²) in [6.45, 7) is 1.65. The van der Waals surface area contributed by atoms with Crippen molar-refractivity contribution in [3.05, 3.63) is 53.8 Å². The van der Waals surface area contributed by atoms with Crippen LogP contribution in [0.3, 0.4) is 0 Å². The molecule has 0 saturated heterocycles. The van der Waals surface area contributed by atoms with Gasteiger partial charge >= 0.3 is 6.03 Å². The number of anilines is 2. The van der Waals surface area contributed by atoms with Crippen LogP contribution >= 0.6 is 0 Å². The average Bonchev–Trinajstić information content (AvgIpc) is 2.54. The number of methoxy groups -OCH3 is 1. The lowest BCUT2D eigenvalue weighted by Crippen LogP contribution is -2.35. The number of carbonyl (C=O) groups is 2. The first-order valence-electron chi connectivity index (χ1n) is 7.23. The molecule has 2 aromatic rings. The van der Waals surface area contributed by atoms with Gasteiger partial charge < -0.3 is 20.7 Å². The number of aryl methyl sites for hydroxylation is 1. The van der Waals surface area contributed by atoms with Crippen LogP contribution in [0.5, 0.6) is 5.75 Å². The maximum Gasteiger partial charge on any atom is 0.319 e. The van der Waals surface area contributed by atoms with Crippen LogP contribution in [0.4, 0.5) is 20.6 Å². The minimum absolute atomic E-state index is 0.253. The zero-order valence-corrected chi connectivity index (χ0v) is 13.4. The maximum atomic E-state index is 13.0. The SMILES string of the molecule is COc1cc(C)ccc1NC(=O)NCC(=O)Nc1cccc(F)c1. The summed E-state index contributed by atoms with van der Waals surface area (Å²) in [5.74, 6) is -0.397. The van der Waals surface area contributed by atoms with Crippen molar-refractivity contribution in [1.29, 1.82) is 0 Å². The summed E-state index contributed by atoms with van der Waals surface area (Å²) < 4.78 is 18.2. The summed E-state index contributed by atoms with van der Waals surface area (Å²) in [6.07, 6.45) is 0. The van der Waals surface area contributed by atoms with E-state index in [1.165, 1.54) is 25.3 Å². The van der Waals surface area contributed by atoms with E-state index < -0.39 is 17.8 Å². The summed E-state index contributed by atoms with van der Waals surface area (Å²) >= 11 is 0. The molecular formula is C17H18FN3O3. The van der Waals surface area contributed by atoms with Gasteiger partial charge in [-0.25, -0.2) is 9.18 Å². The van der Waals surface area contributed by atoms with Crippen molar-refractivity contribution >= 4 is 23.3 Å². The van der Waals surface area contributed by atoms with Crippen LogP contribution in [-0.2, 0) is 4.79 Å². The molecule has 0 aliphatic carbocycles. The molecule has 2 aromatic carbocycles. The largest absolute Gasteiger partial charge is 0.495 e. The quantitative estimate of drug-likeness (QED) is 0.788. The van der Waals surface area contributed by atoms with E-state index in [0.717, 1.165) is 5.56 Å². The minimum atomic E-state index is -0.549. The van der Waals surface area contributed by atoms with Gasteiger partial charge in [-0.2, -0.15) is 0 Å². The van der Waals surface area contributed by atoms with Gasteiger partial charge in [0.25, 0.3) is 0 Å². The van der Waals surface area contributed by atoms with Gasteiger partial charge in [0, 0.05) is 5.69 Å². The van der Waals surface area contributed by atoms with Gasteiger partial charge in [-0.15, -0.1) is 0 Å². The number of hydrogen-bond acceptors (Lipinski definition) is 3. The van der Waals surface area contributed by atoms with Gasteiger partial charge in [0.05, 0.1) is 19.3 Å². The first kappa shape index (κ1) is 17.3. The van der Waals surface area contributed by atoms with Crippen molar-refractivity contribution in [2.45, 2.75) is 6.92 Å². The number of urea groups is 1. The molecule has 0 aliphatic heterocycles. The van der Waals surface area contributed by atoms with E-state index in [2.05, 4.69) is 16.0 Å². The second-order valence-electron chi connectivity index (χ2n) is 5.07. The van der Waals surface area contributed by atoms with Gasteiger partial charge in [0.1, 0.15) is 11.6 Å². The summed E-state index contributed by atoms with van der Waals surface area (Å²) in [7, 11) is 1.50. The minimum Gasteiger partial charge on any atom is -0.495 e. The normalized spacial score (nSPS) is 9.96. The zero-order valence-electron chi connectivity index (χ0n) is 13.4. The third-order valence-electron chi connectivity index (χ3n) is 3.12. The molecule has 7 heteroatoms. The molecule has 0 aliphatic rings.